The molecule has 5 heteroatoms. The van der Waals surface area contributed by atoms with E-state index in [2.05, 4.69) is 9.97 Å². The summed E-state index contributed by atoms with van der Waals surface area (Å²) in [7, 11) is 0. The second-order valence-electron chi connectivity index (χ2n) is 3.09. The molecule has 0 aliphatic carbocycles. The molecule has 0 spiro atoms. The van der Waals surface area contributed by atoms with Crippen molar-refractivity contribution in [3.05, 3.63) is 34.8 Å². The first kappa shape index (κ1) is 8.95. The van der Waals surface area contributed by atoms with Crippen molar-refractivity contribution < 1.29 is 4.42 Å². The molecule has 0 bridgehead atoms. The number of pyridine rings is 1. The predicted molar refractivity (Wildman–Crippen MR) is 59.3 cm³/mol. The molecule has 3 aromatic rings. The van der Waals surface area contributed by atoms with E-state index in [0.29, 0.717) is 21.3 Å². The third-order valence-electron chi connectivity index (χ3n) is 2.18. The van der Waals surface area contributed by atoms with Crippen LogP contribution in [0.5, 0.6) is 0 Å². The molecule has 0 atom stereocenters. The monoisotopic (exact) mass is 238 g/mol. The Bertz CT molecular complexity index is 663. The zero-order valence-corrected chi connectivity index (χ0v) is 8.88. The highest BCUT2D eigenvalue weighted by Gasteiger charge is 2.10. The van der Waals surface area contributed by atoms with Crippen molar-refractivity contribution in [2.24, 2.45) is 0 Å². The number of fused-ring (bicyclic) bond motifs is 3. The molecule has 1 aromatic carbocycles. The van der Waals surface area contributed by atoms with Crippen LogP contribution in [0, 0.1) is 0 Å². The van der Waals surface area contributed by atoms with Gasteiger partial charge in [0, 0.05) is 10.4 Å². The number of rotatable bonds is 0. The lowest BCUT2D eigenvalue weighted by molar-refractivity contribution is 0.605. The maximum absolute atomic E-state index is 5.95. The van der Waals surface area contributed by atoms with Gasteiger partial charge in [0.15, 0.2) is 17.1 Å². The fraction of sp³-hybridized carbons (Fsp3) is 0. The van der Waals surface area contributed by atoms with Gasteiger partial charge in [-0.3, -0.25) is 0 Å². The Balaban J connectivity index is 2.61. The van der Waals surface area contributed by atoms with Crippen LogP contribution < -0.4 is 0 Å². The van der Waals surface area contributed by atoms with Gasteiger partial charge in [-0.2, -0.15) is 0 Å². The van der Waals surface area contributed by atoms with E-state index in [9.17, 15) is 0 Å². The van der Waals surface area contributed by atoms with Crippen molar-refractivity contribution in [3.8, 4) is 0 Å². The molecular formula is C10H4Cl2N2O. The normalized spacial score (nSPS) is 11.3. The second-order valence-corrected chi connectivity index (χ2v) is 3.89. The van der Waals surface area contributed by atoms with Gasteiger partial charge in [0.1, 0.15) is 5.52 Å². The van der Waals surface area contributed by atoms with Crippen molar-refractivity contribution in [2.45, 2.75) is 0 Å². The van der Waals surface area contributed by atoms with E-state index in [1.54, 1.807) is 18.2 Å². The molecular weight excluding hydrogens is 235 g/mol. The van der Waals surface area contributed by atoms with Crippen LogP contribution in [0.4, 0.5) is 0 Å². The molecule has 3 nitrogen and oxygen atoms in total. The molecule has 3 rings (SSSR count). The van der Waals surface area contributed by atoms with Crippen LogP contribution in [0.15, 0.2) is 29.0 Å². The van der Waals surface area contributed by atoms with Crippen LogP contribution in [-0.4, -0.2) is 9.97 Å². The Morgan fingerprint density at radius 1 is 1.20 bits per heavy atom. The van der Waals surface area contributed by atoms with Gasteiger partial charge < -0.3 is 4.42 Å². The molecule has 0 saturated carbocycles. The number of benzene rings is 1. The molecule has 0 fully saturated rings. The first-order valence-electron chi connectivity index (χ1n) is 4.23. The van der Waals surface area contributed by atoms with Gasteiger partial charge in [0.2, 0.25) is 0 Å². The van der Waals surface area contributed by atoms with E-state index in [0.717, 1.165) is 10.9 Å². The van der Waals surface area contributed by atoms with E-state index < -0.39 is 0 Å². The highest BCUT2D eigenvalue weighted by atomic mass is 35.5. The van der Waals surface area contributed by atoms with Gasteiger partial charge >= 0.3 is 0 Å². The molecule has 15 heavy (non-hydrogen) atoms. The summed E-state index contributed by atoms with van der Waals surface area (Å²) in [5.41, 5.74) is 1.92. The van der Waals surface area contributed by atoms with Crippen molar-refractivity contribution in [1.82, 2.24) is 9.97 Å². The third kappa shape index (κ3) is 1.28. The van der Waals surface area contributed by atoms with Crippen molar-refractivity contribution in [3.63, 3.8) is 0 Å². The Morgan fingerprint density at radius 3 is 2.93 bits per heavy atom. The molecule has 2 heterocycles. The largest absolute Gasteiger partial charge is 0.443 e. The lowest BCUT2D eigenvalue weighted by Gasteiger charge is -1.99. The summed E-state index contributed by atoms with van der Waals surface area (Å²) in [5, 5.41) is 1.79. The predicted octanol–water partition coefficient (Wildman–Crippen LogP) is 3.68. The summed E-state index contributed by atoms with van der Waals surface area (Å²) in [6.07, 6.45) is 1.35. The average Bonchev–Trinajstić information content (AvgIpc) is 2.69. The Hall–Kier alpha value is -1.32. The summed E-state index contributed by atoms with van der Waals surface area (Å²) in [4.78, 5) is 8.20. The zero-order valence-electron chi connectivity index (χ0n) is 7.37. The SMILES string of the molecule is Clc1ccc2nc(Cl)c3ncoc3c2c1. The highest BCUT2D eigenvalue weighted by Crippen LogP contribution is 2.29. The van der Waals surface area contributed by atoms with Gasteiger partial charge in [0.25, 0.3) is 0 Å². The van der Waals surface area contributed by atoms with Crippen LogP contribution >= 0.6 is 23.2 Å². The molecule has 0 amide bonds. The first-order chi connectivity index (χ1) is 7.25. The number of oxazole rings is 1. The minimum Gasteiger partial charge on any atom is -0.443 e. The topological polar surface area (TPSA) is 38.9 Å². The third-order valence-corrected chi connectivity index (χ3v) is 2.68. The zero-order chi connectivity index (χ0) is 10.4. The fourth-order valence-electron chi connectivity index (χ4n) is 1.53. The molecule has 0 aliphatic rings. The molecule has 2 aromatic heterocycles. The summed E-state index contributed by atoms with van der Waals surface area (Å²) in [6.45, 7) is 0. The maximum atomic E-state index is 5.95. The first-order valence-corrected chi connectivity index (χ1v) is 4.99. The molecule has 0 aliphatic heterocycles. The lowest BCUT2D eigenvalue weighted by Crippen LogP contribution is -1.82. The average molecular weight is 239 g/mol. The summed E-state index contributed by atoms with van der Waals surface area (Å²) in [5.74, 6) is 0. The maximum Gasteiger partial charge on any atom is 0.182 e. The van der Waals surface area contributed by atoms with Crippen LogP contribution in [0.25, 0.3) is 22.0 Å². The van der Waals surface area contributed by atoms with Gasteiger partial charge in [-0.25, -0.2) is 9.97 Å². The smallest absolute Gasteiger partial charge is 0.182 e. The van der Waals surface area contributed by atoms with Gasteiger partial charge in [0.05, 0.1) is 5.52 Å². The van der Waals surface area contributed by atoms with Crippen LogP contribution in [0.2, 0.25) is 10.2 Å². The van der Waals surface area contributed by atoms with E-state index >= 15 is 0 Å². The molecule has 0 radical (unpaired) electrons. The quantitative estimate of drug-likeness (QED) is 0.561. The minimum absolute atomic E-state index is 0.341. The Morgan fingerprint density at radius 2 is 2.07 bits per heavy atom. The van der Waals surface area contributed by atoms with Gasteiger partial charge in [-0.15, -0.1) is 0 Å². The molecule has 0 unspecified atom stereocenters. The number of halogens is 2. The fourth-order valence-corrected chi connectivity index (χ4v) is 1.93. The number of aromatic nitrogens is 2. The van der Waals surface area contributed by atoms with Crippen molar-refractivity contribution in [2.75, 3.05) is 0 Å². The van der Waals surface area contributed by atoms with Gasteiger partial charge in [-0.1, -0.05) is 23.2 Å². The highest BCUT2D eigenvalue weighted by molar-refractivity contribution is 6.35. The van der Waals surface area contributed by atoms with E-state index in [1.165, 1.54) is 6.39 Å². The van der Waals surface area contributed by atoms with E-state index in [1.807, 2.05) is 0 Å². The van der Waals surface area contributed by atoms with E-state index in [4.69, 9.17) is 27.6 Å². The molecule has 0 N–H and O–H groups in total. The summed E-state index contributed by atoms with van der Waals surface area (Å²) in [6, 6.07) is 5.34. The number of hydrogen-bond acceptors (Lipinski definition) is 3. The Labute approximate surface area is 94.6 Å². The Kier molecular flexibility index (Phi) is 1.84. The summed E-state index contributed by atoms with van der Waals surface area (Å²) < 4.78 is 5.27. The number of nitrogens with zero attached hydrogens (tertiary/aromatic N) is 2. The van der Waals surface area contributed by atoms with Crippen molar-refractivity contribution >= 4 is 45.2 Å². The van der Waals surface area contributed by atoms with Crippen LogP contribution in [-0.2, 0) is 0 Å². The number of hydrogen-bond donors (Lipinski definition) is 0. The standard InChI is InChI=1S/C10H4Cl2N2O/c11-5-1-2-7-6(3-5)9-8(10(12)14-7)13-4-15-9/h1-4H. The van der Waals surface area contributed by atoms with Crippen molar-refractivity contribution in [1.29, 1.82) is 0 Å². The van der Waals surface area contributed by atoms with Gasteiger partial charge in [-0.05, 0) is 18.2 Å². The molecule has 0 saturated heterocycles. The van der Waals surface area contributed by atoms with E-state index in [-0.39, 0.29) is 0 Å². The second kappa shape index (κ2) is 3.08. The molecule has 74 valence electrons. The van der Waals surface area contributed by atoms with Crippen LogP contribution in [0.1, 0.15) is 0 Å². The van der Waals surface area contributed by atoms with Crippen LogP contribution in [0.3, 0.4) is 0 Å². The lowest BCUT2D eigenvalue weighted by atomic mass is 10.2. The summed E-state index contributed by atoms with van der Waals surface area (Å²) >= 11 is 11.9. The minimum atomic E-state index is 0.341.